The van der Waals surface area contributed by atoms with Crippen molar-refractivity contribution in [3.63, 3.8) is 0 Å². The molecule has 1 aromatic rings. The average Bonchev–Trinajstić information content (AvgIpc) is 2.66. The van der Waals surface area contributed by atoms with Gasteiger partial charge in [-0.2, -0.15) is 0 Å². The average molecular weight is 360 g/mol. The van der Waals surface area contributed by atoms with E-state index >= 15 is 0 Å². The standard InChI is InChI=1S/C20H28N2O4/c1-3-4-13-26-17-7-5-15(14-18(17)25-2)6-8-19(23)22-11-9-16(10-12-22)20(21)24/h5-8,14,16H,3-4,9-13H2,1-2H3,(H2,21,24)/b8-6+. The minimum absolute atomic E-state index is 0.0600. The van der Waals surface area contributed by atoms with Gasteiger partial charge in [-0.05, 0) is 43.0 Å². The normalized spacial score (nSPS) is 15.2. The maximum atomic E-state index is 12.3. The number of unbranched alkanes of at least 4 members (excludes halogenated alkanes) is 1. The van der Waals surface area contributed by atoms with Gasteiger partial charge in [0.2, 0.25) is 11.8 Å². The van der Waals surface area contributed by atoms with Crippen LogP contribution >= 0.6 is 0 Å². The molecule has 0 radical (unpaired) electrons. The van der Waals surface area contributed by atoms with Crippen molar-refractivity contribution in [2.75, 3.05) is 26.8 Å². The predicted octanol–water partition coefficient (Wildman–Crippen LogP) is 2.61. The fourth-order valence-electron chi connectivity index (χ4n) is 2.89. The van der Waals surface area contributed by atoms with Crippen LogP contribution in [0.1, 0.15) is 38.2 Å². The summed E-state index contributed by atoms with van der Waals surface area (Å²) in [5.74, 6) is 0.902. The van der Waals surface area contributed by atoms with Gasteiger partial charge >= 0.3 is 0 Å². The molecule has 0 spiro atoms. The molecule has 0 unspecified atom stereocenters. The molecule has 26 heavy (non-hydrogen) atoms. The lowest BCUT2D eigenvalue weighted by atomic mass is 9.96. The number of rotatable bonds is 8. The van der Waals surface area contributed by atoms with Gasteiger partial charge < -0.3 is 20.1 Å². The van der Waals surface area contributed by atoms with E-state index < -0.39 is 0 Å². The molecule has 6 heteroatoms. The number of primary amides is 1. The summed E-state index contributed by atoms with van der Waals surface area (Å²) in [6, 6.07) is 5.61. The van der Waals surface area contributed by atoms with Crippen LogP contribution in [0.15, 0.2) is 24.3 Å². The van der Waals surface area contributed by atoms with Crippen LogP contribution in [-0.4, -0.2) is 43.5 Å². The van der Waals surface area contributed by atoms with Crippen LogP contribution in [0.4, 0.5) is 0 Å². The maximum absolute atomic E-state index is 12.3. The summed E-state index contributed by atoms with van der Waals surface area (Å²) in [6.45, 7) is 3.89. The highest BCUT2D eigenvalue weighted by atomic mass is 16.5. The van der Waals surface area contributed by atoms with Crippen LogP contribution in [0.25, 0.3) is 6.08 Å². The zero-order chi connectivity index (χ0) is 18.9. The fourth-order valence-corrected chi connectivity index (χ4v) is 2.89. The van der Waals surface area contributed by atoms with Crippen molar-refractivity contribution in [3.8, 4) is 11.5 Å². The number of nitrogens with zero attached hydrogens (tertiary/aromatic N) is 1. The number of benzene rings is 1. The number of amides is 2. The molecule has 2 N–H and O–H groups in total. The van der Waals surface area contributed by atoms with Crippen molar-refractivity contribution in [1.29, 1.82) is 0 Å². The molecule has 1 aliphatic rings. The van der Waals surface area contributed by atoms with Crippen molar-refractivity contribution in [2.24, 2.45) is 11.7 Å². The minimum Gasteiger partial charge on any atom is -0.493 e. The second kappa shape index (κ2) is 9.85. The van der Waals surface area contributed by atoms with E-state index in [0.717, 1.165) is 18.4 Å². The van der Waals surface area contributed by atoms with Gasteiger partial charge in [0.05, 0.1) is 13.7 Å². The molecule has 1 saturated heterocycles. The van der Waals surface area contributed by atoms with Crippen LogP contribution in [-0.2, 0) is 9.59 Å². The number of hydrogen-bond acceptors (Lipinski definition) is 4. The molecule has 1 heterocycles. The molecular weight excluding hydrogens is 332 g/mol. The highest BCUT2D eigenvalue weighted by Crippen LogP contribution is 2.29. The second-order valence-electron chi connectivity index (χ2n) is 6.45. The Bertz CT molecular complexity index is 649. The van der Waals surface area contributed by atoms with E-state index in [-0.39, 0.29) is 17.7 Å². The number of carbonyl (C=O) groups is 2. The van der Waals surface area contributed by atoms with E-state index in [1.165, 1.54) is 0 Å². The molecule has 2 rings (SSSR count). The molecule has 1 aromatic carbocycles. The smallest absolute Gasteiger partial charge is 0.246 e. The first-order chi connectivity index (χ1) is 12.5. The van der Waals surface area contributed by atoms with Gasteiger partial charge in [0.25, 0.3) is 0 Å². The largest absolute Gasteiger partial charge is 0.493 e. The van der Waals surface area contributed by atoms with Crippen molar-refractivity contribution in [3.05, 3.63) is 29.8 Å². The number of ether oxygens (including phenoxy) is 2. The molecule has 0 aromatic heterocycles. The molecule has 1 aliphatic heterocycles. The first-order valence-corrected chi connectivity index (χ1v) is 9.12. The lowest BCUT2D eigenvalue weighted by Crippen LogP contribution is -2.41. The van der Waals surface area contributed by atoms with E-state index in [2.05, 4.69) is 6.92 Å². The summed E-state index contributed by atoms with van der Waals surface area (Å²) < 4.78 is 11.1. The Balaban J connectivity index is 1.94. The SMILES string of the molecule is CCCCOc1ccc(/C=C/C(=O)N2CCC(C(N)=O)CC2)cc1OC. The minimum atomic E-state index is -0.277. The number of piperidine rings is 1. The summed E-state index contributed by atoms with van der Waals surface area (Å²) in [4.78, 5) is 25.3. The second-order valence-corrected chi connectivity index (χ2v) is 6.45. The lowest BCUT2D eigenvalue weighted by Gasteiger charge is -2.29. The third kappa shape index (κ3) is 5.51. The molecule has 0 aliphatic carbocycles. The van der Waals surface area contributed by atoms with Crippen LogP contribution in [0.3, 0.4) is 0 Å². The highest BCUT2D eigenvalue weighted by molar-refractivity contribution is 5.92. The van der Waals surface area contributed by atoms with Gasteiger partial charge in [0.15, 0.2) is 11.5 Å². The maximum Gasteiger partial charge on any atom is 0.246 e. The predicted molar refractivity (Wildman–Crippen MR) is 101 cm³/mol. The van der Waals surface area contributed by atoms with Crippen molar-refractivity contribution in [1.82, 2.24) is 4.90 Å². The molecule has 2 amide bonds. The first-order valence-electron chi connectivity index (χ1n) is 9.12. The molecule has 142 valence electrons. The van der Waals surface area contributed by atoms with E-state index in [1.807, 2.05) is 18.2 Å². The fraction of sp³-hybridized carbons (Fsp3) is 0.500. The quantitative estimate of drug-likeness (QED) is 0.571. The van der Waals surface area contributed by atoms with Gasteiger partial charge in [0, 0.05) is 25.1 Å². The number of likely N-dealkylation sites (tertiary alicyclic amines) is 1. The van der Waals surface area contributed by atoms with Crippen molar-refractivity contribution < 1.29 is 19.1 Å². The number of methoxy groups -OCH3 is 1. The van der Waals surface area contributed by atoms with Crippen LogP contribution in [0.2, 0.25) is 0 Å². The number of hydrogen-bond donors (Lipinski definition) is 1. The zero-order valence-electron chi connectivity index (χ0n) is 15.6. The van der Waals surface area contributed by atoms with Gasteiger partial charge in [-0.1, -0.05) is 19.4 Å². The Hall–Kier alpha value is -2.50. The van der Waals surface area contributed by atoms with Crippen molar-refractivity contribution >= 4 is 17.9 Å². The van der Waals surface area contributed by atoms with E-state index in [0.29, 0.717) is 44.0 Å². The summed E-state index contributed by atoms with van der Waals surface area (Å²) >= 11 is 0. The monoisotopic (exact) mass is 360 g/mol. The summed E-state index contributed by atoms with van der Waals surface area (Å²) in [5, 5.41) is 0. The number of carbonyl (C=O) groups excluding carboxylic acids is 2. The van der Waals surface area contributed by atoms with Crippen molar-refractivity contribution in [2.45, 2.75) is 32.6 Å². The topological polar surface area (TPSA) is 81.9 Å². The van der Waals surface area contributed by atoms with Gasteiger partial charge in [-0.15, -0.1) is 0 Å². The van der Waals surface area contributed by atoms with Crippen LogP contribution < -0.4 is 15.2 Å². The lowest BCUT2D eigenvalue weighted by molar-refractivity contribution is -0.130. The highest BCUT2D eigenvalue weighted by Gasteiger charge is 2.24. The zero-order valence-corrected chi connectivity index (χ0v) is 15.6. The van der Waals surface area contributed by atoms with Crippen LogP contribution in [0.5, 0.6) is 11.5 Å². The van der Waals surface area contributed by atoms with E-state index in [9.17, 15) is 9.59 Å². The summed E-state index contributed by atoms with van der Waals surface area (Å²) in [5.41, 5.74) is 6.19. The van der Waals surface area contributed by atoms with Gasteiger partial charge in [-0.25, -0.2) is 0 Å². The molecule has 0 saturated carbocycles. The third-order valence-electron chi connectivity index (χ3n) is 4.57. The molecular formula is C20H28N2O4. The Morgan fingerprint density at radius 2 is 2.00 bits per heavy atom. The Kier molecular flexibility index (Phi) is 7.51. The van der Waals surface area contributed by atoms with E-state index in [1.54, 1.807) is 24.2 Å². The Labute approximate surface area is 154 Å². The summed E-state index contributed by atoms with van der Waals surface area (Å²) in [7, 11) is 1.60. The Morgan fingerprint density at radius 1 is 1.27 bits per heavy atom. The van der Waals surface area contributed by atoms with E-state index in [4.69, 9.17) is 15.2 Å². The summed E-state index contributed by atoms with van der Waals surface area (Å²) in [6.07, 6.45) is 6.64. The molecule has 6 nitrogen and oxygen atoms in total. The Morgan fingerprint density at radius 3 is 2.62 bits per heavy atom. The van der Waals surface area contributed by atoms with Crippen LogP contribution in [0, 0.1) is 5.92 Å². The first kappa shape index (κ1) is 19.8. The van der Waals surface area contributed by atoms with Gasteiger partial charge in [-0.3, -0.25) is 9.59 Å². The molecule has 1 fully saturated rings. The number of nitrogens with two attached hydrogens (primary N) is 1. The molecule has 0 bridgehead atoms. The molecule has 0 atom stereocenters. The van der Waals surface area contributed by atoms with Gasteiger partial charge in [0.1, 0.15) is 0 Å². The third-order valence-corrected chi connectivity index (χ3v) is 4.57.